The molecule has 10 heteroatoms. The molecule has 0 aliphatic heterocycles. The Morgan fingerprint density at radius 3 is 2.77 bits per heavy atom. The quantitative estimate of drug-likeness (QED) is 0.512. The van der Waals surface area contributed by atoms with Gasteiger partial charge in [-0.1, -0.05) is 18.2 Å². The van der Waals surface area contributed by atoms with E-state index in [1.807, 2.05) is 0 Å². The first-order valence-electron chi connectivity index (χ1n) is 9.04. The lowest BCUT2D eigenvalue weighted by molar-refractivity contribution is 0.0949. The fourth-order valence-electron chi connectivity index (χ4n) is 2.95. The maximum atomic E-state index is 13.9. The first-order chi connectivity index (χ1) is 14.5. The molecule has 0 atom stereocenters. The lowest BCUT2D eigenvalue weighted by atomic mass is 10.2. The van der Waals surface area contributed by atoms with Crippen LogP contribution in [-0.4, -0.2) is 31.8 Å². The molecule has 0 radical (unpaired) electrons. The maximum Gasteiger partial charge on any atom is 0.335 e. The summed E-state index contributed by atoms with van der Waals surface area (Å²) in [5.74, 6) is -0.802. The number of aromatic nitrogens is 4. The zero-order valence-electron chi connectivity index (χ0n) is 15.6. The number of benzene rings is 1. The Balaban J connectivity index is 1.47. The minimum absolute atomic E-state index is 0.0584. The second-order valence-electron chi connectivity index (χ2n) is 6.47. The molecule has 1 N–H and O–H groups in total. The Morgan fingerprint density at radius 2 is 2.00 bits per heavy atom. The van der Waals surface area contributed by atoms with Crippen LogP contribution < -0.4 is 16.5 Å². The largest absolute Gasteiger partial charge is 0.430 e. The number of amides is 1. The molecule has 4 rings (SSSR count). The van der Waals surface area contributed by atoms with Crippen LogP contribution in [0.3, 0.4) is 0 Å². The molecular formula is C20H16FN5O4. The molecule has 3 aromatic heterocycles. The lowest BCUT2D eigenvalue weighted by Gasteiger charge is -2.08. The number of nitrogens with zero attached hydrogens (tertiary/aromatic N) is 4. The van der Waals surface area contributed by atoms with Crippen molar-refractivity contribution in [2.45, 2.75) is 13.1 Å². The molecule has 4 aromatic rings. The molecule has 0 aliphatic rings. The van der Waals surface area contributed by atoms with Crippen molar-refractivity contribution in [3.8, 4) is 0 Å². The Labute approximate surface area is 168 Å². The SMILES string of the molecule is O=C(NCCn1ncc2c(=O)n(Cc3ccccc3F)cnc21)c1ccc(=O)oc1. The van der Waals surface area contributed by atoms with Gasteiger partial charge in [0.2, 0.25) is 0 Å². The summed E-state index contributed by atoms with van der Waals surface area (Å²) in [6.07, 6.45) is 3.83. The van der Waals surface area contributed by atoms with E-state index in [0.717, 1.165) is 12.3 Å². The lowest BCUT2D eigenvalue weighted by Crippen LogP contribution is -2.28. The summed E-state index contributed by atoms with van der Waals surface area (Å²) in [5.41, 5.74) is 0.0885. The van der Waals surface area contributed by atoms with Crippen LogP contribution in [-0.2, 0) is 13.1 Å². The summed E-state index contributed by atoms with van der Waals surface area (Å²) >= 11 is 0. The van der Waals surface area contributed by atoms with Gasteiger partial charge in [0.15, 0.2) is 5.65 Å². The summed E-state index contributed by atoms with van der Waals surface area (Å²) in [6, 6.07) is 8.75. The third-order valence-electron chi connectivity index (χ3n) is 4.49. The van der Waals surface area contributed by atoms with Crippen LogP contribution in [0.2, 0.25) is 0 Å². The van der Waals surface area contributed by atoms with Gasteiger partial charge in [0.1, 0.15) is 23.8 Å². The molecule has 9 nitrogen and oxygen atoms in total. The second kappa shape index (κ2) is 8.11. The zero-order chi connectivity index (χ0) is 21.1. The predicted molar refractivity (Wildman–Crippen MR) is 105 cm³/mol. The van der Waals surface area contributed by atoms with Crippen LogP contribution in [0, 0.1) is 5.82 Å². The highest BCUT2D eigenvalue weighted by Gasteiger charge is 2.12. The second-order valence-corrected chi connectivity index (χ2v) is 6.47. The van der Waals surface area contributed by atoms with Crippen LogP contribution >= 0.6 is 0 Å². The van der Waals surface area contributed by atoms with E-state index in [1.54, 1.807) is 18.2 Å². The van der Waals surface area contributed by atoms with Crippen LogP contribution in [0.1, 0.15) is 15.9 Å². The van der Waals surface area contributed by atoms with E-state index in [-0.39, 0.29) is 30.8 Å². The number of hydrogen-bond donors (Lipinski definition) is 1. The molecule has 1 aromatic carbocycles. The predicted octanol–water partition coefficient (Wildman–Crippen LogP) is 1.16. The van der Waals surface area contributed by atoms with Crippen molar-refractivity contribution in [2.24, 2.45) is 0 Å². The summed E-state index contributed by atoms with van der Waals surface area (Å²) in [7, 11) is 0. The minimum atomic E-state index is -0.540. The maximum absolute atomic E-state index is 13.9. The molecule has 0 unspecified atom stereocenters. The Kier molecular flexibility index (Phi) is 5.21. The molecule has 0 spiro atoms. The number of halogens is 1. The molecular weight excluding hydrogens is 393 g/mol. The number of fused-ring (bicyclic) bond motifs is 1. The molecule has 3 heterocycles. The summed E-state index contributed by atoms with van der Waals surface area (Å²) < 4.78 is 21.3. The van der Waals surface area contributed by atoms with Crippen molar-refractivity contribution >= 4 is 16.9 Å². The third-order valence-corrected chi connectivity index (χ3v) is 4.49. The van der Waals surface area contributed by atoms with Crippen LogP contribution in [0.4, 0.5) is 4.39 Å². The third kappa shape index (κ3) is 3.88. The van der Waals surface area contributed by atoms with Gasteiger partial charge in [0, 0.05) is 18.2 Å². The highest BCUT2D eigenvalue weighted by atomic mass is 19.1. The topological polar surface area (TPSA) is 112 Å². The standard InChI is InChI=1S/C20H16FN5O4/c21-16-4-2-1-3-13(16)10-25-12-23-18-15(20(25)29)9-24-26(18)8-7-22-19(28)14-5-6-17(27)30-11-14/h1-6,9,11-12H,7-8,10H2,(H,22,28). The molecule has 30 heavy (non-hydrogen) atoms. The monoisotopic (exact) mass is 409 g/mol. The van der Waals surface area contributed by atoms with Crippen molar-refractivity contribution in [3.63, 3.8) is 0 Å². The smallest absolute Gasteiger partial charge is 0.335 e. The average Bonchev–Trinajstić information content (AvgIpc) is 3.16. The summed E-state index contributed by atoms with van der Waals surface area (Å²) in [4.78, 5) is 40.0. The molecule has 0 saturated heterocycles. The van der Waals surface area contributed by atoms with Gasteiger partial charge in [-0.3, -0.25) is 14.2 Å². The number of hydrogen-bond acceptors (Lipinski definition) is 6. The van der Waals surface area contributed by atoms with Crippen molar-refractivity contribution < 1.29 is 13.6 Å². The van der Waals surface area contributed by atoms with Gasteiger partial charge in [0.25, 0.3) is 11.5 Å². The van der Waals surface area contributed by atoms with E-state index in [9.17, 15) is 18.8 Å². The van der Waals surface area contributed by atoms with Crippen molar-refractivity contribution in [3.05, 3.63) is 92.9 Å². The van der Waals surface area contributed by atoms with Gasteiger partial charge in [-0.05, 0) is 12.1 Å². The molecule has 0 bridgehead atoms. The number of nitrogens with one attached hydrogen (secondary N) is 1. The number of carbonyl (C=O) groups excluding carboxylic acids is 1. The highest BCUT2D eigenvalue weighted by molar-refractivity contribution is 5.93. The molecule has 0 saturated carbocycles. The van der Waals surface area contributed by atoms with E-state index in [0.29, 0.717) is 16.6 Å². The van der Waals surface area contributed by atoms with Crippen LogP contribution in [0.15, 0.2) is 69.2 Å². The first kappa shape index (κ1) is 19.2. The van der Waals surface area contributed by atoms with Crippen LogP contribution in [0.5, 0.6) is 0 Å². The van der Waals surface area contributed by atoms with E-state index in [4.69, 9.17) is 0 Å². The zero-order valence-corrected chi connectivity index (χ0v) is 15.6. The Morgan fingerprint density at radius 1 is 1.17 bits per heavy atom. The van der Waals surface area contributed by atoms with Gasteiger partial charge in [-0.2, -0.15) is 5.10 Å². The van der Waals surface area contributed by atoms with Crippen LogP contribution in [0.25, 0.3) is 11.0 Å². The summed E-state index contributed by atoms with van der Waals surface area (Å²) in [5, 5.41) is 7.13. The average molecular weight is 409 g/mol. The highest BCUT2D eigenvalue weighted by Crippen LogP contribution is 2.09. The van der Waals surface area contributed by atoms with Crippen molar-refractivity contribution in [2.75, 3.05) is 6.54 Å². The first-order valence-corrected chi connectivity index (χ1v) is 9.04. The number of carbonyl (C=O) groups is 1. The van der Waals surface area contributed by atoms with E-state index >= 15 is 0 Å². The summed E-state index contributed by atoms with van der Waals surface area (Å²) in [6.45, 7) is 0.549. The van der Waals surface area contributed by atoms with Gasteiger partial charge >= 0.3 is 5.63 Å². The van der Waals surface area contributed by atoms with Gasteiger partial charge in [-0.25, -0.2) is 18.9 Å². The molecule has 1 amide bonds. The van der Waals surface area contributed by atoms with Crippen molar-refractivity contribution in [1.82, 2.24) is 24.6 Å². The molecule has 152 valence electrons. The van der Waals surface area contributed by atoms with Gasteiger partial charge in [-0.15, -0.1) is 0 Å². The fraction of sp³-hybridized carbons (Fsp3) is 0.150. The van der Waals surface area contributed by atoms with E-state index in [1.165, 1.54) is 33.9 Å². The van der Waals surface area contributed by atoms with Crippen molar-refractivity contribution in [1.29, 1.82) is 0 Å². The Bertz CT molecular complexity index is 1320. The fourth-order valence-corrected chi connectivity index (χ4v) is 2.95. The molecule has 0 fully saturated rings. The van der Waals surface area contributed by atoms with E-state index < -0.39 is 17.3 Å². The van der Waals surface area contributed by atoms with Gasteiger partial charge in [0.05, 0.1) is 24.8 Å². The van der Waals surface area contributed by atoms with E-state index in [2.05, 4.69) is 19.8 Å². The number of rotatable bonds is 6. The minimum Gasteiger partial charge on any atom is -0.430 e. The Hall–Kier alpha value is -4.08. The normalized spacial score (nSPS) is 11.0. The molecule has 0 aliphatic carbocycles. The van der Waals surface area contributed by atoms with Gasteiger partial charge < -0.3 is 9.73 Å².